The standard InChI is InChI=1S/C22H19NO3S/c24-22(21-14-25-19-8-4-5-9-20(19)26-21)23-17-12-10-16(11-13-17)15-27-18-6-2-1-3-7-18/h1-13,21H,14-15H2,(H,23,24)/t21-/m1/s1. The molecule has 1 atom stereocenters. The van der Waals surface area contributed by atoms with Crippen LogP contribution in [-0.4, -0.2) is 18.6 Å². The Balaban J connectivity index is 1.32. The van der Waals surface area contributed by atoms with E-state index in [1.807, 2.05) is 60.7 Å². The molecule has 1 aliphatic rings. The van der Waals surface area contributed by atoms with E-state index in [1.54, 1.807) is 17.8 Å². The van der Waals surface area contributed by atoms with Gasteiger partial charge in [-0.2, -0.15) is 0 Å². The van der Waals surface area contributed by atoms with Gasteiger partial charge in [0.15, 0.2) is 11.5 Å². The molecule has 27 heavy (non-hydrogen) atoms. The van der Waals surface area contributed by atoms with Gasteiger partial charge in [-0.3, -0.25) is 4.79 Å². The Morgan fingerprint density at radius 2 is 1.63 bits per heavy atom. The first kappa shape index (κ1) is 17.5. The van der Waals surface area contributed by atoms with Crippen LogP contribution in [0.2, 0.25) is 0 Å². The summed E-state index contributed by atoms with van der Waals surface area (Å²) in [4.78, 5) is 13.7. The maximum absolute atomic E-state index is 12.5. The number of thioether (sulfide) groups is 1. The molecule has 4 rings (SSSR count). The molecule has 1 aliphatic heterocycles. The fraction of sp³-hybridized carbons (Fsp3) is 0.136. The summed E-state index contributed by atoms with van der Waals surface area (Å²) in [6.45, 7) is 0.203. The van der Waals surface area contributed by atoms with Gasteiger partial charge in [-0.25, -0.2) is 0 Å². The van der Waals surface area contributed by atoms with Gasteiger partial charge in [-0.15, -0.1) is 11.8 Å². The molecule has 5 heteroatoms. The van der Waals surface area contributed by atoms with E-state index in [1.165, 1.54) is 10.5 Å². The molecular weight excluding hydrogens is 358 g/mol. The van der Waals surface area contributed by atoms with Crippen molar-refractivity contribution in [2.75, 3.05) is 11.9 Å². The largest absolute Gasteiger partial charge is 0.485 e. The number of rotatable bonds is 5. The Kier molecular flexibility index (Phi) is 5.30. The summed E-state index contributed by atoms with van der Waals surface area (Å²) < 4.78 is 11.3. The summed E-state index contributed by atoms with van der Waals surface area (Å²) >= 11 is 1.79. The molecule has 0 aromatic heterocycles. The van der Waals surface area contributed by atoms with Gasteiger partial charge in [0.05, 0.1) is 0 Å². The summed E-state index contributed by atoms with van der Waals surface area (Å²) in [5.41, 5.74) is 1.95. The summed E-state index contributed by atoms with van der Waals surface area (Å²) in [6.07, 6.45) is -0.659. The smallest absolute Gasteiger partial charge is 0.269 e. The lowest BCUT2D eigenvalue weighted by Gasteiger charge is -2.25. The summed E-state index contributed by atoms with van der Waals surface area (Å²) in [6, 6.07) is 25.5. The van der Waals surface area contributed by atoms with Crippen LogP contribution < -0.4 is 14.8 Å². The zero-order valence-corrected chi connectivity index (χ0v) is 15.4. The Morgan fingerprint density at radius 3 is 2.41 bits per heavy atom. The lowest BCUT2D eigenvalue weighted by atomic mass is 10.2. The zero-order valence-electron chi connectivity index (χ0n) is 14.6. The van der Waals surface area contributed by atoms with Gasteiger partial charge < -0.3 is 14.8 Å². The molecule has 0 fully saturated rings. The second kappa shape index (κ2) is 8.18. The SMILES string of the molecule is O=C(Nc1ccc(CSc2ccccc2)cc1)[C@H]1COc2ccccc2O1. The maximum atomic E-state index is 12.5. The predicted molar refractivity (Wildman–Crippen MR) is 107 cm³/mol. The van der Waals surface area contributed by atoms with Crippen LogP contribution in [0.15, 0.2) is 83.8 Å². The van der Waals surface area contributed by atoms with Crippen LogP contribution in [0.4, 0.5) is 5.69 Å². The molecule has 0 bridgehead atoms. The molecule has 136 valence electrons. The number of hydrogen-bond donors (Lipinski definition) is 1. The lowest BCUT2D eigenvalue weighted by Crippen LogP contribution is -2.40. The van der Waals surface area contributed by atoms with Crippen molar-refractivity contribution in [3.8, 4) is 11.5 Å². The van der Waals surface area contributed by atoms with E-state index in [-0.39, 0.29) is 12.5 Å². The van der Waals surface area contributed by atoms with E-state index in [2.05, 4.69) is 17.4 Å². The van der Waals surface area contributed by atoms with Crippen LogP contribution in [0.1, 0.15) is 5.56 Å². The first-order valence-corrected chi connectivity index (χ1v) is 9.73. The number of carbonyl (C=O) groups is 1. The third-order valence-corrected chi connectivity index (χ3v) is 5.25. The summed E-state index contributed by atoms with van der Waals surface area (Å²) in [7, 11) is 0. The topological polar surface area (TPSA) is 47.6 Å². The van der Waals surface area contributed by atoms with Gasteiger partial charge in [0.2, 0.25) is 6.10 Å². The Labute approximate surface area is 162 Å². The van der Waals surface area contributed by atoms with E-state index >= 15 is 0 Å². The summed E-state index contributed by atoms with van der Waals surface area (Å²) in [5.74, 6) is 1.93. The first-order valence-electron chi connectivity index (χ1n) is 8.74. The number of carbonyl (C=O) groups excluding carboxylic acids is 1. The van der Waals surface area contributed by atoms with E-state index in [4.69, 9.17) is 9.47 Å². The molecule has 1 amide bonds. The highest BCUT2D eigenvalue weighted by Gasteiger charge is 2.27. The van der Waals surface area contributed by atoms with Gasteiger partial charge in [0.25, 0.3) is 5.91 Å². The van der Waals surface area contributed by atoms with Crippen molar-refractivity contribution >= 4 is 23.4 Å². The fourth-order valence-electron chi connectivity index (χ4n) is 2.74. The number of anilines is 1. The molecule has 0 unspecified atom stereocenters. The van der Waals surface area contributed by atoms with Crippen LogP contribution in [-0.2, 0) is 10.5 Å². The van der Waals surface area contributed by atoms with Gasteiger partial charge in [-0.05, 0) is 42.0 Å². The fourth-order valence-corrected chi connectivity index (χ4v) is 3.61. The molecule has 0 aliphatic carbocycles. The highest BCUT2D eigenvalue weighted by atomic mass is 32.2. The molecule has 0 radical (unpaired) electrons. The van der Waals surface area contributed by atoms with Crippen molar-refractivity contribution in [2.45, 2.75) is 16.8 Å². The van der Waals surface area contributed by atoms with E-state index < -0.39 is 6.10 Å². The number of ether oxygens (including phenoxy) is 2. The number of fused-ring (bicyclic) bond motifs is 1. The van der Waals surface area contributed by atoms with Crippen molar-refractivity contribution in [1.82, 2.24) is 0 Å². The third kappa shape index (κ3) is 4.44. The summed E-state index contributed by atoms with van der Waals surface area (Å²) in [5, 5.41) is 2.89. The minimum Gasteiger partial charge on any atom is -0.485 e. The molecule has 0 saturated heterocycles. The number of nitrogens with one attached hydrogen (secondary N) is 1. The van der Waals surface area contributed by atoms with Gasteiger partial charge in [-0.1, -0.05) is 42.5 Å². The molecule has 1 heterocycles. The number of para-hydroxylation sites is 2. The Hall–Kier alpha value is -2.92. The van der Waals surface area contributed by atoms with E-state index in [9.17, 15) is 4.79 Å². The molecule has 0 spiro atoms. The number of benzene rings is 3. The van der Waals surface area contributed by atoms with Crippen LogP contribution in [0.25, 0.3) is 0 Å². The average molecular weight is 377 g/mol. The van der Waals surface area contributed by atoms with Gasteiger partial charge in [0, 0.05) is 16.3 Å². The second-order valence-corrected chi connectivity index (χ2v) is 7.20. The van der Waals surface area contributed by atoms with Gasteiger partial charge >= 0.3 is 0 Å². The van der Waals surface area contributed by atoms with Crippen LogP contribution in [0.3, 0.4) is 0 Å². The van der Waals surface area contributed by atoms with Crippen molar-refractivity contribution in [1.29, 1.82) is 0 Å². The Morgan fingerprint density at radius 1 is 0.926 bits per heavy atom. The lowest BCUT2D eigenvalue weighted by molar-refractivity contribution is -0.125. The van der Waals surface area contributed by atoms with Crippen LogP contribution >= 0.6 is 11.8 Å². The van der Waals surface area contributed by atoms with Crippen LogP contribution in [0, 0.1) is 0 Å². The number of amides is 1. The highest BCUT2D eigenvalue weighted by molar-refractivity contribution is 7.98. The molecule has 1 N–H and O–H groups in total. The van der Waals surface area contributed by atoms with E-state index in [0.717, 1.165) is 11.4 Å². The highest BCUT2D eigenvalue weighted by Crippen LogP contribution is 2.31. The normalized spacial score (nSPS) is 15.2. The van der Waals surface area contributed by atoms with Crippen molar-refractivity contribution in [2.24, 2.45) is 0 Å². The third-order valence-electron chi connectivity index (χ3n) is 4.17. The minimum atomic E-state index is -0.659. The van der Waals surface area contributed by atoms with Gasteiger partial charge in [0.1, 0.15) is 6.61 Å². The average Bonchev–Trinajstić information content (AvgIpc) is 2.73. The Bertz CT molecular complexity index is 912. The second-order valence-electron chi connectivity index (χ2n) is 6.15. The van der Waals surface area contributed by atoms with Crippen molar-refractivity contribution in [3.05, 3.63) is 84.4 Å². The molecule has 4 nitrogen and oxygen atoms in total. The molecule has 0 saturated carbocycles. The maximum Gasteiger partial charge on any atom is 0.269 e. The quantitative estimate of drug-likeness (QED) is 0.652. The van der Waals surface area contributed by atoms with Crippen molar-refractivity contribution in [3.63, 3.8) is 0 Å². The monoisotopic (exact) mass is 377 g/mol. The zero-order chi connectivity index (χ0) is 18.5. The molecular formula is C22H19NO3S. The molecule has 3 aromatic rings. The number of hydrogen-bond acceptors (Lipinski definition) is 4. The van der Waals surface area contributed by atoms with Crippen LogP contribution in [0.5, 0.6) is 11.5 Å². The van der Waals surface area contributed by atoms with E-state index in [0.29, 0.717) is 11.5 Å². The predicted octanol–water partition coefficient (Wildman–Crippen LogP) is 4.76. The molecule has 3 aromatic carbocycles. The minimum absolute atomic E-state index is 0.203. The van der Waals surface area contributed by atoms with Crippen molar-refractivity contribution < 1.29 is 14.3 Å². The first-order chi connectivity index (χ1) is 13.3.